The van der Waals surface area contributed by atoms with Gasteiger partial charge in [-0.1, -0.05) is 25.1 Å². The van der Waals surface area contributed by atoms with Crippen molar-refractivity contribution in [2.75, 3.05) is 18.5 Å². The van der Waals surface area contributed by atoms with Crippen LogP contribution in [-0.2, 0) is 0 Å². The maximum atomic E-state index is 5.83. The highest BCUT2D eigenvalue weighted by atomic mass is 16.5. The summed E-state index contributed by atoms with van der Waals surface area (Å²) in [6.45, 7) is 6.06. The molecule has 1 N–H and O–H groups in total. The number of benzene rings is 1. The average molecular weight is 259 g/mol. The van der Waals surface area contributed by atoms with Crippen LogP contribution < -0.4 is 10.1 Å². The summed E-state index contributed by atoms with van der Waals surface area (Å²) in [4.78, 5) is 0. The molecule has 0 radical (unpaired) electrons. The number of rotatable bonds is 6. The van der Waals surface area contributed by atoms with E-state index in [0.717, 1.165) is 36.9 Å². The van der Waals surface area contributed by atoms with E-state index in [0.29, 0.717) is 0 Å². The smallest absolute Gasteiger partial charge is 0.142 e. The second kappa shape index (κ2) is 7.22. The zero-order chi connectivity index (χ0) is 13.5. The molecule has 0 heterocycles. The first-order chi connectivity index (χ1) is 9.29. The Morgan fingerprint density at radius 3 is 2.95 bits per heavy atom. The number of aryl methyl sites for hydroxylation is 1. The third kappa shape index (κ3) is 4.30. The van der Waals surface area contributed by atoms with Crippen LogP contribution in [0, 0.1) is 12.8 Å². The molecule has 0 aromatic heterocycles. The van der Waals surface area contributed by atoms with Crippen LogP contribution in [0.3, 0.4) is 0 Å². The summed E-state index contributed by atoms with van der Waals surface area (Å²) in [5, 5.41) is 3.56. The van der Waals surface area contributed by atoms with E-state index in [1.54, 1.807) is 0 Å². The summed E-state index contributed by atoms with van der Waals surface area (Å²) in [5.41, 5.74) is 2.38. The number of anilines is 1. The lowest BCUT2D eigenvalue weighted by Crippen LogP contribution is -2.16. The van der Waals surface area contributed by atoms with Crippen molar-refractivity contribution in [2.45, 2.75) is 39.5 Å². The molecule has 1 aromatic rings. The van der Waals surface area contributed by atoms with E-state index in [1.165, 1.54) is 24.8 Å². The molecule has 1 aliphatic carbocycles. The molecule has 2 heteroatoms. The van der Waals surface area contributed by atoms with Crippen molar-refractivity contribution in [3.8, 4) is 5.75 Å². The van der Waals surface area contributed by atoms with Crippen molar-refractivity contribution in [3.63, 3.8) is 0 Å². The number of allylic oxidation sites excluding steroid dienone is 2. The van der Waals surface area contributed by atoms with Crippen molar-refractivity contribution in [1.82, 2.24) is 0 Å². The molecule has 1 atom stereocenters. The normalized spacial score (nSPS) is 18.3. The van der Waals surface area contributed by atoms with Crippen LogP contribution in [0.4, 0.5) is 5.69 Å². The molecule has 19 heavy (non-hydrogen) atoms. The van der Waals surface area contributed by atoms with Crippen LogP contribution in [0.1, 0.15) is 38.2 Å². The third-order valence-corrected chi connectivity index (χ3v) is 3.56. The Balaban J connectivity index is 1.95. The minimum Gasteiger partial charge on any atom is -0.491 e. The molecule has 1 aromatic carbocycles. The maximum absolute atomic E-state index is 5.83. The van der Waals surface area contributed by atoms with E-state index in [4.69, 9.17) is 4.74 Å². The van der Waals surface area contributed by atoms with Crippen molar-refractivity contribution in [2.24, 2.45) is 5.92 Å². The molecule has 0 amide bonds. The molecule has 0 aliphatic heterocycles. The van der Waals surface area contributed by atoms with Crippen molar-refractivity contribution in [1.29, 1.82) is 0 Å². The topological polar surface area (TPSA) is 21.3 Å². The van der Waals surface area contributed by atoms with Crippen LogP contribution in [0.25, 0.3) is 0 Å². The van der Waals surface area contributed by atoms with Crippen LogP contribution >= 0.6 is 0 Å². The lowest BCUT2D eigenvalue weighted by atomic mass is 9.94. The average Bonchev–Trinajstić information content (AvgIpc) is 2.45. The Morgan fingerprint density at radius 2 is 2.21 bits per heavy atom. The summed E-state index contributed by atoms with van der Waals surface area (Å²) in [6.07, 6.45) is 9.35. The molecule has 0 saturated heterocycles. The highest BCUT2D eigenvalue weighted by Crippen LogP contribution is 2.27. The van der Waals surface area contributed by atoms with Crippen LogP contribution in [0.5, 0.6) is 5.75 Å². The molecule has 104 valence electrons. The molecular weight excluding hydrogens is 234 g/mol. The predicted octanol–water partition coefficient (Wildman–Crippen LogP) is 4.55. The Labute approximate surface area is 116 Å². The summed E-state index contributed by atoms with van der Waals surface area (Å²) in [6, 6.07) is 6.40. The maximum Gasteiger partial charge on any atom is 0.142 e. The van der Waals surface area contributed by atoms with E-state index in [9.17, 15) is 0 Å². The monoisotopic (exact) mass is 259 g/mol. The van der Waals surface area contributed by atoms with E-state index in [-0.39, 0.29) is 0 Å². The molecule has 0 bridgehead atoms. The van der Waals surface area contributed by atoms with Gasteiger partial charge in [-0.05, 0) is 56.2 Å². The number of hydrogen-bond acceptors (Lipinski definition) is 2. The second-order valence-corrected chi connectivity index (χ2v) is 5.38. The van der Waals surface area contributed by atoms with Gasteiger partial charge in [-0.3, -0.25) is 0 Å². The summed E-state index contributed by atoms with van der Waals surface area (Å²) < 4.78 is 5.83. The predicted molar refractivity (Wildman–Crippen MR) is 81.9 cm³/mol. The van der Waals surface area contributed by atoms with Gasteiger partial charge in [-0.15, -0.1) is 0 Å². The molecule has 2 rings (SSSR count). The minimum atomic E-state index is 0.755. The summed E-state index contributed by atoms with van der Waals surface area (Å²) in [5.74, 6) is 1.75. The minimum absolute atomic E-state index is 0.755. The van der Waals surface area contributed by atoms with Gasteiger partial charge in [0.2, 0.25) is 0 Å². The molecule has 1 aliphatic rings. The number of ether oxygens (including phenoxy) is 1. The number of nitrogens with one attached hydrogen (secondary N) is 1. The van der Waals surface area contributed by atoms with Gasteiger partial charge in [0.25, 0.3) is 0 Å². The Morgan fingerprint density at radius 1 is 1.32 bits per heavy atom. The fraction of sp³-hybridized carbons (Fsp3) is 0.529. The van der Waals surface area contributed by atoms with Crippen molar-refractivity contribution < 1.29 is 4.74 Å². The number of hydrogen-bond donors (Lipinski definition) is 1. The van der Waals surface area contributed by atoms with E-state index in [2.05, 4.69) is 49.5 Å². The zero-order valence-corrected chi connectivity index (χ0v) is 12.1. The standard InChI is InChI=1S/C17H25NO/c1-3-11-19-17-12-14(2)9-10-16(17)18-13-15-7-5-4-6-8-15/h4-5,9-10,12,15,18H,3,6-8,11,13H2,1-2H3. The van der Waals surface area contributed by atoms with Crippen molar-refractivity contribution in [3.05, 3.63) is 35.9 Å². The zero-order valence-electron chi connectivity index (χ0n) is 12.1. The first kappa shape index (κ1) is 14.0. The van der Waals surface area contributed by atoms with Crippen LogP contribution in [0.2, 0.25) is 0 Å². The SMILES string of the molecule is CCCOc1cc(C)ccc1NCC1CC=CCC1. The van der Waals surface area contributed by atoms with Gasteiger partial charge in [0.15, 0.2) is 0 Å². The second-order valence-electron chi connectivity index (χ2n) is 5.38. The fourth-order valence-corrected chi connectivity index (χ4v) is 2.40. The van der Waals surface area contributed by atoms with Gasteiger partial charge in [0, 0.05) is 6.54 Å². The lowest BCUT2D eigenvalue weighted by Gasteiger charge is -2.20. The fourth-order valence-electron chi connectivity index (χ4n) is 2.40. The van der Waals surface area contributed by atoms with Gasteiger partial charge in [-0.25, -0.2) is 0 Å². The van der Waals surface area contributed by atoms with Gasteiger partial charge < -0.3 is 10.1 Å². The largest absolute Gasteiger partial charge is 0.491 e. The summed E-state index contributed by atoms with van der Waals surface area (Å²) in [7, 11) is 0. The quantitative estimate of drug-likeness (QED) is 0.757. The molecule has 0 spiro atoms. The van der Waals surface area contributed by atoms with Crippen LogP contribution in [0.15, 0.2) is 30.4 Å². The first-order valence-corrected chi connectivity index (χ1v) is 7.42. The van der Waals surface area contributed by atoms with Gasteiger partial charge in [-0.2, -0.15) is 0 Å². The third-order valence-electron chi connectivity index (χ3n) is 3.56. The Kier molecular flexibility index (Phi) is 5.31. The van der Waals surface area contributed by atoms with Gasteiger partial charge in [0.1, 0.15) is 5.75 Å². The molecule has 2 nitrogen and oxygen atoms in total. The highest BCUT2D eigenvalue weighted by molar-refractivity contribution is 5.57. The van der Waals surface area contributed by atoms with Crippen LogP contribution in [-0.4, -0.2) is 13.2 Å². The lowest BCUT2D eigenvalue weighted by molar-refractivity contribution is 0.318. The van der Waals surface area contributed by atoms with E-state index >= 15 is 0 Å². The van der Waals surface area contributed by atoms with Gasteiger partial charge in [0.05, 0.1) is 12.3 Å². The molecule has 0 saturated carbocycles. The molecular formula is C17H25NO. The first-order valence-electron chi connectivity index (χ1n) is 7.42. The van der Waals surface area contributed by atoms with Crippen molar-refractivity contribution >= 4 is 5.69 Å². The Hall–Kier alpha value is -1.44. The highest BCUT2D eigenvalue weighted by Gasteiger charge is 2.11. The van der Waals surface area contributed by atoms with E-state index in [1.807, 2.05) is 0 Å². The summed E-state index contributed by atoms with van der Waals surface area (Å²) >= 11 is 0. The molecule has 0 fully saturated rings. The van der Waals surface area contributed by atoms with E-state index < -0.39 is 0 Å². The molecule has 1 unspecified atom stereocenters. The Bertz CT molecular complexity index is 425. The van der Waals surface area contributed by atoms with Gasteiger partial charge >= 0.3 is 0 Å².